The van der Waals surface area contributed by atoms with Gasteiger partial charge in [-0.2, -0.15) is 0 Å². The molecule has 2 amide bonds. The first-order valence-electron chi connectivity index (χ1n) is 8.99. The van der Waals surface area contributed by atoms with Gasteiger partial charge in [-0.3, -0.25) is 19.4 Å². The van der Waals surface area contributed by atoms with Crippen LogP contribution in [-0.4, -0.2) is 35.7 Å². The average Bonchev–Trinajstić information content (AvgIpc) is 2.55. The van der Waals surface area contributed by atoms with E-state index in [4.69, 9.17) is 0 Å². The van der Waals surface area contributed by atoms with Crippen molar-refractivity contribution >= 4 is 17.6 Å². The molecule has 0 aliphatic rings. The molecule has 0 aromatic carbocycles. The second-order valence-electron chi connectivity index (χ2n) is 8.51. The second-order valence-corrected chi connectivity index (χ2v) is 8.51. The third-order valence-electron chi connectivity index (χ3n) is 3.80. The fourth-order valence-electron chi connectivity index (χ4n) is 2.14. The molecule has 0 spiro atoms. The molecule has 1 aromatic rings. The number of nitrogens with zero attached hydrogens (tertiary/aromatic N) is 1. The molecule has 1 aromatic heterocycles. The highest BCUT2D eigenvalue weighted by atomic mass is 16.2. The van der Waals surface area contributed by atoms with Crippen LogP contribution in [0, 0.1) is 10.8 Å². The number of pyridine rings is 1. The number of hydrogen-bond acceptors (Lipinski definition) is 4. The Morgan fingerprint density at radius 3 is 1.96 bits per heavy atom. The summed E-state index contributed by atoms with van der Waals surface area (Å²) < 4.78 is 0. The summed E-state index contributed by atoms with van der Waals surface area (Å²) in [6, 6.07) is 1.58. The van der Waals surface area contributed by atoms with E-state index in [-0.39, 0.29) is 20.5 Å². The highest BCUT2D eigenvalue weighted by Crippen LogP contribution is 2.20. The van der Waals surface area contributed by atoms with Crippen LogP contribution in [0.2, 0.25) is 0 Å². The lowest BCUT2D eigenvalue weighted by molar-refractivity contribution is -0.128. The molecule has 0 radical (unpaired) electrons. The molecule has 0 aliphatic carbocycles. The smallest absolute Gasteiger partial charge is 0.252 e. The summed E-state index contributed by atoms with van der Waals surface area (Å²) in [6.45, 7) is 12.2. The first-order chi connectivity index (χ1) is 11.9. The van der Waals surface area contributed by atoms with Crippen molar-refractivity contribution in [3.63, 3.8) is 0 Å². The van der Waals surface area contributed by atoms with E-state index in [0.717, 1.165) is 12.8 Å². The Bertz CT molecular complexity index is 665. The molecule has 148 valence electrons. The van der Waals surface area contributed by atoms with E-state index in [2.05, 4.69) is 15.6 Å². The van der Waals surface area contributed by atoms with Gasteiger partial charge in [0.05, 0.1) is 5.56 Å². The van der Waals surface area contributed by atoms with E-state index in [1.54, 1.807) is 6.07 Å². The normalized spacial score (nSPS) is 11.8. The monoisotopic (exact) mass is 365 g/mol. The molecule has 2 N–H and O–H groups in total. The third kappa shape index (κ3) is 6.94. The second kappa shape index (κ2) is 8.92. The minimum Gasteiger partial charge on any atom is -0.356 e. The molecular weight excluding hydrogens is 330 g/mol. The zero-order chi connectivity index (χ0) is 20.0. The maximum Gasteiger partial charge on any atom is 0.252 e. The molecule has 1 rings (SSSR count). The summed E-state index contributed by atoms with van der Waals surface area (Å²) in [4.78, 5) is 40.2. The molecule has 0 saturated carbocycles. The number of amides is 2. The van der Waals surface area contributed by atoms with Crippen molar-refractivity contribution in [2.24, 2.45) is 10.8 Å². The summed E-state index contributed by atoms with van der Waals surface area (Å²) in [6.07, 6.45) is 4.48. The Kier molecular flexibility index (Phi) is 7.48. The van der Waals surface area contributed by atoms with Gasteiger partial charge in [0.15, 0.2) is 5.78 Å². The van der Waals surface area contributed by atoms with Gasteiger partial charge in [0.25, 0.3) is 5.91 Å². The van der Waals surface area contributed by atoms with E-state index in [1.807, 2.05) is 41.5 Å². The number of aromatic nitrogens is 1. The number of nitrogens with one attached hydrogen (secondary N) is 2. The quantitative estimate of drug-likeness (QED) is 0.572. The molecule has 1 heterocycles. The van der Waals surface area contributed by atoms with Crippen LogP contribution >= 0.6 is 0 Å². The molecular formula is C20H35N3O3. The fourth-order valence-corrected chi connectivity index (χ4v) is 2.14. The predicted molar refractivity (Wildman–Crippen MR) is 106 cm³/mol. The predicted octanol–water partition coefficient (Wildman–Crippen LogP) is 3.47. The molecule has 0 unspecified atom stereocenters. The molecule has 0 atom stereocenters. The number of hydrogen-bond donors (Lipinski definition) is 2. The van der Waals surface area contributed by atoms with Gasteiger partial charge in [-0.05, 0) is 18.9 Å². The van der Waals surface area contributed by atoms with Crippen LogP contribution in [0.3, 0.4) is 0 Å². The van der Waals surface area contributed by atoms with E-state index in [1.165, 1.54) is 12.4 Å². The van der Waals surface area contributed by atoms with Crippen LogP contribution in [0.4, 0.5) is 0 Å². The zero-order valence-electron chi connectivity index (χ0n) is 16.7. The molecule has 0 aliphatic heterocycles. The maximum absolute atomic E-state index is 12.3. The van der Waals surface area contributed by atoms with Crippen LogP contribution < -0.4 is 10.6 Å². The number of rotatable bonds is 7. The van der Waals surface area contributed by atoms with Crippen molar-refractivity contribution in [1.82, 2.24) is 15.6 Å². The first kappa shape index (κ1) is 21.8. The van der Waals surface area contributed by atoms with Crippen molar-refractivity contribution in [1.29, 1.82) is 0 Å². The minimum atomic E-state index is -0.520. The van der Waals surface area contributed by atoms with Crippen molar-refractivity contribution < 1.29 is 17.2 Å². The lowest BCUT2D eigenvalue weighted by Crippen LogP contribution is -2.35. The van der Waals surface area contributed by atoms with Crippen molar-refractivity contribution in [3.05, 3.63) is 29.6 Å². The van der Waals surface area contributed by atoms with Gasteiger partial charge < -0.3 is 10.6 Å². The zero-order valence-corrected chi connectivity index (χ0v) is 16.7. The summed E-state index contributed by atoms with van der Waals surface area (Å²) in [5.41, 5.74) is -0.0958. The standard InChI is InChI=1S/C20H31N3O3.2H2/c1-19(2,3)16(24)14-11-15(13-21-12-14)17(25)22-9-7-8-10-23-18(26)20(4,5)6;;/h11-13H,7-10H2,1-6H3,(H,22,25)(H,23,26);2*1H. The number of Topliss-reactive ketones (excluding diaryl/α,β-unsaturated/α-hetero) is 1. The van der Waals surface area contributed by atoms with Crippen LogP contribution in [0.25, 0.3) is 0 Å². The summed E-state index contributed by atoms with van der Waals surface area (Å²) in [5, 5.41) is 5.70. The Hall–Kier alpha value is -2.24. The van der Waals surface area contributed by atoms with Gasteiger partial charge in [-0.1, -0.05) is 41.5 Å². The molecule has 6 heteroatoms. The topological polar surface area (TPSA) is 88.2 Å². The average molecular weight is 366 g/mol. The van der Waals surface area contributed by atoms with Gasteiger partial charge in [0.1, 0.15) is 0 Å². The molecule has 0 fully saturated rings. The Labute approximate surface area is 159 Å². The highest BCUT2D eigenvalue weighted by Gasteiger charge is 2.24. The van der Waals surface area contributed by atoms with E-state index in [0.29, 0.717) is 24.2 Å². The van der Waals surface area contributed by atoms with Crippen molar-refractivity contribution in [2.75, 3.05) is 13.1 Å². The van der Waals surface area contributed by atoms with E-state index < -0.39 is 10.8 Å². The van der Waals surface area contributed by atoms with Crippen LogP contribution in [-0.2, 0) is 4.79 Å². The number of ketones is 1. The van der Waals surface area contributed by atoms with E-state index in [9.17, 15) is 14.4 Å². The molecule has 0 saturated heterocycles. The lowest BCUT2D eigenvalue weighted by atomic mass is 9.87. The maximum atomic E-state index is 12.3. The summed E-state index contributed by atoms with van der Waals surface area (Å²) >= 11 is 0. The fraction of sp³-hybridized carbons (Fsp3) is 0.600. The van der Waals surface area contributed by atoms with E-state index >= 15 is 0 Å². The summed E-state index contributed by atoms with van der Waals surface area (Å²) in [5.74, 6) is -0.276. The third-order valence-corrected chi connectivity index (χ3v) is 3.80. The van der Waals surface area contributed by atoms with Gasteiger partial charge in [-0.15, -0.1) is 0 Å². The number of carbonyl (C=O) groups is 3. The molecule has 0 bridgehead atoms. The van der Waals surface area contributed by atoms with Gasteiger partial charge in [-0.25, -0.2) is 0 Å². The SMILES string of the molecule is CC(C)(C)C(=O)NCCCCNC(=O)c1cncc(C(=O)C(C)(C)C)c1.[HH].[HH]. The van der Waals surface area contributed by atoms with Crippen LogP contribution in [0.5, 0.6) is 0 Å². The van der Waals surface area contributed by atoms with Crippen molar-refractivity contribution in [2.45, 2.75) is 54.4 Å². The van der Waals surface area contributed by atoms with Gasteiger partial charge >= 0.3 is 0 Å². The summed E-state index contributed by atoms with van der Waals surface area (Å²) in [7, 11) is 0. The largest absolute Gasteiger partial charge is 0.356 e. The Morgan fingerprint density at radius 1 is 0.885 bits per heavy atom. The lowest BCUT2D eigenvalue weighted by Gasteiger charge is -2.17. The Balaban J connectivity index is 0. The van der Waals surface area contributed by atoms with Gasteiger partial charge in [0.2, 0.25) is 5.91 Å². The van der Waals surface area contributed by atoms with Crippen molar-refractivity contribution in [3.8, 4) is 0 Å². The first-order valence-corrected chi connectivity index (χ1v) is 8.99. The Morgan fingerprint density at radius 2 is 1.42 bits per heavy atom. The number of carbonyl (C=O) groups excluding carboxylic acids is 3. The minimum absolute atomic E-state index is 0. The molecule has 26 heavy (non-hydrogen) atoms. The van der Waals surface area contributed by atoms with Crippen LogP contribution in [0.15, 0.2) is 18.5 Å². The van der Waals surface area contributed by atoms with Crippen LogP contribution in [0.1, 0.15) is 78.0 Å². The highest BCUT2D eigenvalue weighted by molar-refractivity contribution is 6.02. The van der Waals surface area contributed by atoms with Gasteiger partial charge in [0, 0.05) is 44.7 Å². The number of unbranched alkanes of at least 4 members (excludes halogenated alkanes) is 1. The molecule has 6 nitrogen and oxygen atoms in total.